The molecule has 1 N–H and O–H groups in total. The number of hydrogen-bond acceptors (Lipinski definition) is 5. The Balaban J connectivity index is 2.23. The lowest BCUT2D eigenvalue weighted by molar-refractivity contribution is 0.115. The van der Waals surface area contributed by atoms with Crippen LogP contribution in [0.1, 0.15) is 31.2 Å². The van der Waals surface area contributed by atoms with Gasteiger partial charge in [0, 0.05) is 32.3 Å². The van der Waals surface area contributed by atoms with Crippen LogP contribution in [0.25, 0.3) is 0 Å². The third-order valence-electron chi connectivity index (χ3n) is 3.60. The first-order valence-electron chi connectivity index (χ1n) is 7.05. The molecule has 5 heteroatoms. The minimum Gasteiger partial charge on any atom is -0.376 e. The zero-order chi connectivity index (χ0) is 13.8. The first-order valence-corrected chi connectivity index (χ1v) is 7.05. The molecule has 0 amide bonds. The molecule has 1 aliphatic heterocycles. The summed E-state index contributed by atoms with van der Waals surface area (Å²) in [5, 5.41) is 3.14. The van der Waals surface area contributed by atoms with Gasteiger partial charge in [0.1, 0.15) is 17.5 Å². The van der Waals surface area contributed by atoms with Crippen LogP contribution in [0.3, 0.4) is 0 Å². The van der Waals surface area contributed by atoms with Gasteiger partial charge in [-0.15, -0.1) is 0 Å². The van der Waals surface area contributed by atoms with Crippen LogP contribution in [-0.2, 0) is 4.74 Å². The number of hydrogen-bond donors (Lipinski definition) is 1. The fourth-order valence-corrected chi connectivity index (χ4v) is 2.56. The summed E-state index contributed by atoms with van der Waals surface area (Å²) in [6, 6.07) is 0. The van der Waals surface area contributed by atoms with Gasteiger partial charge in [0.2, 0.25) is 0 Å². The van der Waals surface area contributed by atoms with Crippen LogP contribution in [0.2, 0.25) is 0 Å². The van der Waals surface area contributed by atoms with E-state index >= 15 is 0 Å². The molecule has 2 heterocycles. The Hall–Kier alpha value is -1.36. The highest BCUT2D eigenvalue weighted by atomic mass is 16.5. The molecule has 0 saturated carbocycles. The molecule has 0 aromatic carbocycles. The molecule has 1 atom stereocenters. The molecule has 2 rings (SSSR count). The van der Waals surface area contributed by atoms with Crippen LogP contribution in [0.4, 0.5) is 11.6 Å². The topological polar surface area (TPSA) is 50.3 Å². The van der Waals surface area contributed by atoms with Crippen LogP contribution >= 0.6 is 0 Å². The van der Waals surface area contributed by atoms with Gasteiger partial charge in [-0.1, -0.05) is 0 Å². The van der Waals surface area contributed by atoms with E-state index in [9.17, 15) is 0 Å². The highest BCUT2D eigenvalue weighted by molar-refractivity contribution is 5.58. The van der Waals surface area contributed by atoms with Gasteiger partial charge in [-0.25, -0.2) is 9.97 Å². The fraction of sp³-hybridized carbons (Fsp3) is 0.714. The van der Waals surface area contributed by atoms with Gasteiger partial charge >= 0.3 is 0 Å². The van der Waals surface area contributed by atoms with E-state index in [1.807, 2.05) is 14.0 Å². The van der Waals surface area contributed by atoms with E-state index in [0.29, 0.717) is 6.10 Å². The number of aryl methyl sites for hydroxylation is 1. The molecule has 1 fully saturated rings. The van der Waals surface area contributed by atoms with Crippen molar-refractivity contribution in [1.29, 1.82) is 0 Å². The largest absolute Gasteiger partial charge is 0.376 e. The summed E-state index contributed by atoms with van der Waals surface area (Å²) < 4.78 is 5.73. The van der Waals surface area contributed by atoms with Gasteiger partial charge in [0.15, 0.2) is 0 Å². The van der Waals surface area contributed by atoms with Crippen molar-refractivity contribution in [2.24, 2.45) is 0 Å². The number of rotatable bonds is 5. The molecular weight excluding hydrogens is 240 g/mol. The maximum atomic E-state index is 5.73. The molecule has 1 aliphatic rings. The van der Waals surface area contributed by atoms with E-state index in [1.54, 1.807) is 0 Å². The normalized spacial score (nSPS) is 18.6. The second-order valence-corrected chi connectivity index (χ2v) is 4.99. The van der Waals surface area contributed by atoms with Crippen LogP contribution in [0.5, 0.6) is 0 Å². The molecular formula is C14H24N4O. The lowest BCUT2D eigenvalue weighted by Gasteiger charge is -2.27. The van der Waals surface area contributed by atoms with Crippen molar-refractivity contribution in [2.75, 3.05) is 37.0 Å². The molecule has 106 valence electrons. The summed E-state index contributed by atoms with van der Waals surface area (Å²) in [6.45, 7) is 8.90. The molecule has 1 saturated heterocycles. The Kier molecular flexibility index (Phi) is 4.58. The Morgan fingerprint density at radius 1 is 1.37 bits per heavy atom. The lowest BCUT2D eigenvalue weighted by atomic mass is 10.2. The Bertz CT molecular complexity index is 430. The third-order valence-corrected chi connectivity index (χ3v) is 3.60. The number of aromatic nitrogens is 2. The highest BCUT2D eigenvalue weighted by Crippen LogP contribution is 2.24. The second kappa shape index (κ2) is 6.19. The summed E-state index contributed by atoms with van der Waals surface area (Å²) >= 11 is 0. The molecule has 0 bridgehead atoms. The van der Waals surface area contributed by atoms with Crippen LogP contribution in [0.15, 0.2) is 0 Å². The van der Waals surface area contributed by atoms with Gasteiger partial charge in [-0.05, 0) is 33.6 Å². The average molecular weight is 264 g/mol. The highest BCUT2D eigenvalue weighted by Gasteiger charge is 2.21. The van der Waals surface area contributed by atoms with Crippen molar-refractivity contribution in [3.63, 3.8) is 0 Å². The van der Waals surface area contributed by atoms with E-state index in [-0.39, 0.29) is 0 Å². The monoisotopic (exact) mass is 264 g/mol. The number of nitrogens with zero attached hydrogens (tertiary/aromatic N) is 3. The van der Waals surface area contributed by atoms with Crippen LogP contribution in [-0.4, -0.2) is 42.8 Å². The Labute approximate surface area is 115 Å². The minimum absolute atomic E-state index is 0.340. The van der Waals surface area contributed by atoms with Gasteiger partial charge < -0.3 is 15.0 Å². The first kappa shape index (κ1) is 14.1. The maximum Gasteiger partial charge on any atom is 0.137 e. The van der Waals surface area contributed by atoms with Gasteiger partial charge in [0.25, 0.3) is 0 Å². The molecule has 1 unspecified atom stereocenters. The molecule has 0 aliphatic carbocycles. The molecule has 1 aromatic heterocycles. The average Bonchev–Trinajstić information content (AvgIpc) is 2.91. The quantitative estimate of drug-likeness (QED) is 0.883. The van der Waals surface area contributed by atoms with Crippen LogP contribution in [0, 0.1) is 13.8 Å². The van der Waals surface area contributed by atoms with Crippen molar-refractivity contribution >= 4 is 11.6 Å². The first-order chi connectivity index (χ1) is 9.15. The zero-order valence-electron chi connectivity index (χ0n) is 12.4. The maximum absolute atomic E-state index is 5.73. The second-order valence-electron chi connectivity index (χ2n) is 4.99. The fourth-order valence-electron chi connectivity index (χ4n) is 2.56. The van der Waals surface area contributed by atoms with Crippen molar-refractivity contribution in [3.8, 4) is 0 Å². The Morgan fingerprint density at radius 3 is 2.74 bits per heavy atom. The molecule has 0 spiro atoms. The number of ether oxygens (including phenoxy) is 1. The molecule has 0 radical (unpaired) electrons. The number of likely N-dealkylation sites (N-methyl/N-ethyl adjacent to an activating group) is 1. The zero-order valence-corrected chi connectivity index (χ0v) is 12.4. The van der Waals surface area contributed by atoms with Crippen molar-refractivity contribution < 1.29 is 4.74 Å². The number of anilines is 2. The smallest absolute Gasteiger partial charge is 0.137 e. The predicted molar refractivity (Wildman–Crippen MR) is 77.9 cm³/mol. The molecule has 5 nitrogen and oxygen atoms in total. The van der Waals surface area contributed by atoms with E-state index in [1.165, 1.54) is 6.42 Å². The summed E-state index contributed by atoms with van der Waals surface area (Å²) in [5.41, 5.74) is 1.10. The van der Waals surface area contributed by atoms with E-state index < -0.39 is 0 Å². The minimum atomic E-state index is 0.340. The third kappa shape index (κ3) is 3.15. The van der Waals surface area contributed by atoms with E-state index in [4.69, 9.17) is 4.74 Å². The molecule has 19 heavy (non-hydrogen) atoms. The van der Waals surface area contributed by atoms with Gasteiger partial charge in [-0.3, -0.25) is 0 Å². The SMILES string of the molecule is CCN(CC1CCCO1)c1nc(C)nc(NC)c1C. The van der Waals surface area contributed by atoms with E-state index in [2.05, 4.69) is 34.0 Å². The number of nitrogens with one attached hydrogen (secondary N) is 1. The summed E-state index contributed by atoms with van der Waals surface area (Å²) in [6.07, 6.45) is 2.66. The van der Waals surface area contributed by atoms with Crippen molar-refractivity contribution in [1.82, 2.24) is 9.97 Å². The predicted octanol–water partition coefficient (Wildman–Crippen LogP) is 2.14. The van der Waals surface area contributed by atoms with Crippen molar-refractivity contribution in [3.05, 3.63) is 11.4 Å². The summed E-state index contributed by atoms with van der Waals surface area (Å²) in [7, 11) is 1.90. The van der Waals surface area contributed by atoms with Gasteiger partial charge in [-0.2, -0.15) is 0 Å². The van der Waals surface area contributed by atoms with E-state index in [0.717, 1.165) is 49.1 Å². The summed E-state index contributed by atoms with van der Waals surface area (Å²) in [4.78, 5) is 11.3. The van der Waals surface area contributed by atoms with Crippen LogP contribution < -0.4 is 10.2 Å². The molecule has 1 aromatic rings. The lowest BCUT2D eigenvalue weighted by Crippen LogP contribution is -2.33. The van der Waals surface area contributed by atoms with Gasteiger partial charge in [0.05, 0.1) is 6.10 Å². The standard InChI is InChI=1S/C14H24N4O/c1-5-18(9-12-7-6-8-19-12)14-10(2)13(15-4)16-11(3)17-14/h12H,5-9H2,1-4H3,(H,15,16,17). The Morgan fingerprint density at radius 2 is 2.16 bits per heavy atom. The summed E-state index contributed by atoms with van der Waals surface area (Å²) in [5.74, 6) is 2.74. The van der Waals surface area contributed by atoms with Crippen molar-refractivity contribution in [2.45, 2.75) is 39.7 Å².